The molecule has 0 fully saturated rings. The zero-order valence-corrected chi connectivity index (χ0v) is 11.5. The normalized spacial score (nSPS) is 10.9. The van der Waals surface area contributed by atoms with Crippen LogP contribution in [0.2, 0.25) is 5.02 Å². The SMILES string of the molecule is COc1ccc(Cn2nc3c(Cl)cccn3c2=O)cc1. The number of fused-ring (bicyclic) bond motifs is 1. The average Bonchev–Trinajstić information content (AvgIpc) is 2.79. The van der Waals surface area contributed by atoms with Gasteiger partial charge in [-0.15, -0.1) is 5.10 Å². The average molecular weight is 290 g/mol. The monoisotopic (exact) mass is 289 g/mol. The number of ether oxygens (including phenoxy) is 1. The van der Waals surface area contributed by atoms with Crippen molar-refractivity contribution in [2.24, 2.45) is 0 Å². The summed E-state index contributed by atoms with van der Waals surface area (Å²) in [7, 11) is 1.61. The maximum atomic E-state index is 12.2. The first-order valence-electron chi connectivity index (χ1n) is 6.05. The Morgan fingerprint density at radius 1 is 1.25 bits per heavy atom. The summed E-state index contributed by atoms with van der Waals surface area (Å²) in [6.45, 7) is 0.390. The number of methoxy groups -OCH3 is 1. The van der Waals surface area contributed by atoms with Gasteiger partial charge in [0.05, 0.1) is 18.7 Å². The van der Waals surface area contributed by atoms with Crippen molar-refractivity contribution >= 4 is 17.2 Å². The fourth-order valence-corrected chi connectivity index (χ4v) is 2.21. The Kier molecular flexibility index (Phi) is 3.20. The molecule has 0 saturated carbocycles. The predicted octanol–water partition coefficient (Wildman–Crippen LogP) is 2.21. The van der Waals surface area contributed by atoms with Crippen molar-refractivity contribution in [3.63, 3.8) is 0 Å². The molecule has 0 radical (unpaired) electrons. The molecule has 0 unspecified atom stereocenters. The summed E-state index contributed by atoms with van der Waals surface area (Å²) in [4.78, 5) is 12.2. The van der Waals surface area contributed by atoms with Crippen LogP contribution in [0.25, 0.3) is 5.65 Å². The van der Waals surface area contributed by atoms with Crippen molar-refractivity contribution in [1.29, 1.82) is 0 Å². The number of nitrogens with zero attached hydrogens (tertiary/aromatic N) is 3. The molecular weight excluding hydrogens is 278 g/mol. The third-order valence-corrected chi connectivity index (χ3v) is 3.35. The Hall–Kier alpha value is -2.27. The van der Waals surface area contributed by atoms with Crippen LogP contribution in [-0.2, 0) is 6.54 Å². The van der Waals surface area contributed by atoms with Crippen LogP contribution >= 0.6 is 11.6 Å². The lowest BCUT2D eigenvalue weighted by molar-refractivity contribution is 0.414. The zero-order valence-electron chi connectivity index (χ0n) is 10.8. The Bertz CT molecular complexity index is 805. The maximum Gasteiger partial charge on any atom is 0.350 e. The van der Waals surface area contributed by atoms with Crippen LogP contribution in [0.15, 0.2) is 47.4 Å². The fraction of sp³-hybridized carbons (Fsp3) is 0.143. The smallest absolute Gasteiger partial charge is 0.350 e. The van der Waals surface area contributed by atoms with E-state index in [1.807, 2.05) is 24.3 Å². The van der Waals surface area contributed by atoms with E-state index in [-0.39, 0.29) is 5.69 Å². The number of rotatable bonds is 3. The fourth-order valence-electron chi connectivity index (χ4n) is 2.01. The van der Waals surface area contributed by atoms with Gasteiger partial charge in [-0.05, 0) is 29.8 Å². The largest absolute Gasteiger partial charge is 0.497 e. The number of pyridine rings is 1. The number of benzene rings is 1. The molecule has 0 aliphatic carbocycles. The predicted molar refractivity (Wildman–Crippen MR) is 76.6 cm³/mol. The Morgan fingerprint density at radius 2 is 2.00 bits per heavy atom. The van der Waals surface area contributed by atoms with Gasteiger partial charge < -0.3 is 4.74 Å². The first kappa shape index (κ1) is 12.7. The molecule has 3 rings (SSSR count). The molecule has 0 N–H and O–H groups in total. The van der Waals surface area contributed by atoms with Gasteiger partial charge in [0.15, 0.2) is 5.65 Å². The summed E-state index contributed by atoms with van der Waals surface area (Å²) in [5, 5.41) is 4.71. The van der Waals surface area contributed by atoms with Crippen LogP contribution in [0, 0.1) is 0 Å². The molecule has 20 heavy (non-hydrogen) atoms. The van der Waals surface area contributed by atoms with E-state index in [0.29, 0.717) is 17.2 Å². The minimum Gasteiger partial charge on any atom is -0.497 e. The standard InChI is InChI=1S/C14H12ClN3O2/c1-20-11-6-4-10(5-7-11)9-18-14(19)17-8-2-3-12(15)13(17)16-18/h2-8H,9H2,1H3. The van der Waals surface area contributed by atoms with Gasteiger partial charge >= 0.3 is 5.69 Å². The van der Waals surface area contributed by atoms with Gasteiger partial charge in [-0.2, -0.15) is 0 Å². The van der Waals surface area contributed by atoms with Gasteiger partial charge in [0, 0.05) is 6.20 Å². The van der Waals surface area contributed by atoms with Crippen LogP contribution in [0.1, 0.15) is 5.56 Å². The Labute approximate surface area is 120 Å². The molecule has 0 aliphatic heterocycles. The van der Waals surface area contributed by atoms with E-state index in [4.69, 9.17) is 16.3 Å². The van der Waals surface area contributed by atoms with Crippen molar-refractivity contribution in [3.05, 3.63) is 63.7 Å². The van der Waals surface area contributed by atoms with Gasteiger partial charge in [0.2, 0.25) is 0 Å². The second-order valence-electron chi connectivity index (χ2n) is 4.34. The summed E-state index contributed by atoms with van der Waals surface area (Å²) in [6.07, 6.45) is 1.65. The maximum absolute atomic E-state index is 12.2. The van der Waals surface area contributed by atoms with E-state index in [1.165, 1.54) is 9.08 Å². The van der Waals surface area contributed by atoms with E-state index < -0.39 is 0 Å². The molecule has 102 valence electrons. The highest BCUT2D eigenvalue weighted by Crippen LogP contribution is 2.14. The third-order valence-electron chi connectivity index (χ3n) is 3.05. The van der Waals surface area contributed by atoms with Crippen LogP contribution in [-0.4, -0.2) is 21.3 Å². The van der Waals surface area contributed by atoms with Crippen molar-refractivity contribution in [2.45, 2.75) is 6.54 Å². The van der Waals surface area contributed by atoms with Gasteiger partial charge in [0.25, 0.3) is 0 Å². The minimum absolute atomic E-state index is 0.210. The molecule has 5 nitrogen and oxygen atoms in total. The molecule has 0 bridgehead atoms. The highest BCUT2D eigenvalue weighted by molar-refractivity contribution is 6.33. The molecule has 6 heteroatoms. The second-order valence-corrected chi connectivity index (χ2v) is 4.75. The van der Waals surface area contributed by atoms with E-state index in [9.17, 15) is 4.79 Å². The number of hydrogen-bond donors (Lipinski definition) is 0. The first-order chi connectivity index (χ1) is 9.69. The molecule has 0 saturated heterocycles. The van der Waals surface area contributed by atoms with E-state index in [1.54, 1.807) is 25.4 Å². The molecule has 0 aliphatic rings. The van der Waals surface area contributed by atoms with Crippen molar-refractivity contribution < 1.29 is 4.74 Å². The molecular formula is C14H12ClN3O2. The topological polar surface area (TPSA) is 48.5 Å². The first-order valence-corrected chi connectivity index (χ1v) is 6.43. The van der Waals surface area contributed by atoms with Crippen LogP contribution < -0.4 is 10.4 Å². The molecule has 0 amide bonds. The van der Waals surface area contributed by atoms with Gasteiger partial charge in [-0.3, -0.25) is 0 Å². The van der Waals surface area contributed by atoms with Crippen molar-refractivity contribution in [1.82, 2.24) is 14.2 Å². The number of hydrogen-bond acceptors (Lipinski definition) is 3. The van der Waals surface area contributed by atoms with Crippen molar-refractivity contribution in [2.75, 3.05) is 7.11 Å². The van der Waals surface area contributed by atoms with Crippen LogP contribution in [0.4, 0.5) is 0 Å². The van der Waals surface area contributed by atoms with E-state index >= 15 is 0 Å². The number of aromatic nitrogens is 3. The lowest BCUT2D eigenvalue weighted by Gasteiger charge is -2.02. The van der Waals surface area contributed by atoms with Gasteiger partial charge in [-0.1, -0.05) is 23.7 Å². The van der Waals surface area contributed by atoms with Crippen molar-refractivity contribution in [3.8, 4) is 5.75 Å². The third kappa shape index (κ3) is 2.16. The van der Waals surface area contributed by atoms with E-state index in [2.05, 4.69) is 5.10 Å². The lowest BCUT2D eigenvalue weighted by Crippen LogP contribution is -2.21. The quantitative estimate of drug-likeness (QED) is 0.743. The number of halogens is 1. The zero-order chi connectivity index (χ0) is 14.1. The van der Waals surface area contributed by atoms with Gasteiger partial charge in [-0.25, -0.2) is 13.9 Å². The van der Waals surface area contributed by atoms with Crippen LogP contribution in [0.5, 0.6) is 5.75 Å². The summed E-state index contributed by atoms with van der Waals surface area (Å²) < 4.78 is 7.93. The van der Waals surface area contributed by atoms with Crippen LogP contribution in [0.3, 0.4) is 0 Å². The summed E-state index contributed by atoms with van der Waals surface area (Å²) in [5.41, 5.74) is 1.22. The summed E-state index contributed by atoms with van der Waals surface area (Å²) in [5.74, 6) is 0.777. The molecule has 3 aromatic rings. The lowest BCUT2D eigenvalue weighted by atomic mass is 10.2. The highest BCUT2D eigenvalue weighted by atomic mass is 35.5. The second kappa shape index (κ2) is 5.02. The summed E-state index contributed by atoms with van der Waals surface area (Å²) >= 11 is 6.03. The van der Waals surface area contributed by atoms with Gasteiger partial charge in [0.1, 0.15) is 5.75 Å². The Balaban J connectivity index is 2.00. The molecule has 1 aromatic carbocycles. The minimum atomic E-state index is -0.210. The highest BCUT2D eigenvalue weighted by Gasteiger charge is 2.09. The molecule has 0 atom stereocenters. The molecule has 2 aromatic heterocycles. The summed E-state index contributed by atoms with van der Waals surface area (Å²) in [6, 6.07) is 10.9. The Morgan fingerprint density at radius 3 is 2.65 bits per heavy atom. The molecule has 2 heterocycles. The molecule has 0 spiro atoms. The van der Waals surface area contributed by atoms with E-state index in [0.717, 1.165) is 11.3 Å².